The summed E-state index contributed by atoms with van der Waals surface area (Å²) in [6, 6.07) is 0. The lowest BCUT2D eigenvalue weighted by Gasteiger charge is -2.19. The first-order valence-electron chi connectivity index (χ1n) is 3.29. The standard InChI is InChI=1S/C2H8N2.C2H6O7S/c3-1-2-4;3-1(4)2(5,6)9-10(7)8/h1-4H2;1,3-6H,(H,7,8). The Hall–Kier alpha value is -0.170. The van der Waals surface area contributed by atoms with Crippen LogP contribution >= 0.6 is 0 Å². The summed E-state index contributed by atoms with van der Waals surface area (Å²) in [6.45, 7) is 1.19. The summed E-state index contributed by atoms with van der Waals surface area (Å²) < 4.78 is 20.8. The Morgan fingerprint density at radius 2 is 1.64 bits per heavy atom. The third-order valence-corrected chi connectivity index (χ3v) is 1.08. The molecule has 9 N–H and O–H groups in total. The Bertz CT molecular complexity index is 162. The molecule has 0 saturated carbocycles. The van der Waals surface area contributed by atoms with Crippen molar-refractivity contribution in [1.82, 2.24) is 0 Å². The van der Waals surface area contributed by atoms with E-state index in [0.29, 0.717) is 13.1 Å². The predicted octanol–water partition coefficient (Wildman–Crippen LogP) is -4.01. The minimum Gasteiger partial charge on any atom is -0.362 e. The lowest BCUT2D eigenvalue weighted by Crippen LogP contribution is -2.45. The second-order valence-electron chi connectivity index (χ2n) is 1.91. The van der Waals surface area contributed by atoms with E-state index in [1.165, 1.54) is 0 Å². The lowest BCUT2D eigenvalue weighted by molar-refractivity contribution is -0.380. The normalized spacial score (nSPS) is 13.4. The van der Waals surface area contributed by atoms with Gasteiger partial charge in [0.15, 0.2) is 0 Å². The average Bonchev–Trinajstić information content (AvgIpc) is 2.02. The van der Waals surface area contributed by atoms with Gasteiger partial charge in [-0.15, -0.1) is 0 Å². The van der Waals surface area contributed by atoms with E-state index < -0.39 is 23.6 Å². The van der Waals surface area contributed by atoms with E-state index in [0.717, 1.165) is 0 Å². The third kappa shape index (κ3) is 9.91. The molecule has 88 valence electrons. The van der Waals surface area contributed by atoms with Gasteiger partial charge in [0.25, 0.3) is 0 Å². The summed E-state index contributed by atoms with van der Waals surface area (Å²) in [4.78, 5) is 0. The van der Waals surface area contributed by atoms with E-state index in [9.17, 15) is 4.21 Å². The zero-order valence-electron chi connectivity index (χ0n) is 7.11. The van der Waals surface area contributed by atoms with Crippen LogP contribution in [-0.2, 0) is 15.5 Å². The second kappa shape index (κ2) is 8.16. The molecule has 1 unspecified atom stereocenters. The molecule has 0 aromatic carbocycles. The van der Waals surface area contributed by atoms with Crippen molar-refractivity contribution in [2.24, 2.45) is 11.5 Å². The molecule has 0 amide bonds. The van der Waals surface area contributed by atoms with Crippen molar-refractivity contribution in [3.63, 3.8) is 0 Å². The average molecular weight is 234 g/mol. The fourth-order valence-electron chi connectivity index (χ4n) is 0.148. The maximum Gasteiger partial charge on any atom is 0.346 e. The fourth-order valence-corrected chi connectivity index (χ4v) is 0.444. The molecule has 14 heavy (non-hydrogen) atoms. The Labute approximate surface area is 82.4 Å². The van der Waals surface area contributed by atoms with Gasteiger partial charge in [0.05, 0.1) is 0 Å². The van der Waals surface area contributed by atoms with Gasteiger partial charge < -0.3 is 31.9 Å². The first kappa shape index (κ1) is 16.3. The molecule has 0 radical (unpaired) electrons. The summed E-state index contributed by atoms with van der Waals surface area (Å²) in [5.74, 6) is -3.42. The van der Waals surface area contributed by atoms with Crippen molar-refractivity contribution in [1.29, 1.82) is 0 Å². The summed E-state index contributed by atoms with van der Waals surface area (Å²) >= 11 is -2.98. The molecule has 0 fully saturated rings. The van der Waals surface area contributed by atoms with Crippen molar-refractivity contribution >= 4 is 11.4 Å². The maximum absolute atomic E-state index is 9.67. The van der Waals surface area contributed by atoms with Crippen LogP contribution in [0.25, 0.3) is 0 Å². The Morgan fingerprint density at radius 1 is 1.29 bits per heavy atom. The first-order valence-corrected chi connectivity index (χ1v) is 4.32. The molecule has 0 aliphatic carbocycles. The van der Waals surface area contributed by atoms with Gasteiger partial charge >= 0.3 is 17.3 Å². The second-order valence-corrected chi connectivity index (χ2v) is 2.51. The zero-order valence-corrected chi connectivity index (χ0v) is 7.92. The van der Waals surface area contributed by atoms with Crippen LogP contribution in [0.3, 0.4) is 0 Å². The van der Waals surface area contributed by atoms with E-state index in [2.05, 4.69) is 4.18 Å². The quantitative estimate of drug-likeness (QED) is 0.188. The Morgan fingerprint density at radius 3 is 1.71 bits per heavy atom. The molecule has 0 heterocycles. The topological polar surface area (TPSA) is 179 Å². The highest BCUT2D eigenvalue weighted by atomic mass is 32.2. The lowest BCUT2D eigenvalue weighted by atomic mass is 10.5. The van der Waals surface area contributed by atoms with Gasteiger partial charge in [0.1, 0.15) is 0 Å². The zero-order chi connectivity index (χ0) is 11.8. The minimum atomic E-state index is -3.42. The number of aliphatic hydroxyl groups is 4. The highest BCUT2D eigenvalue weighted by Gasteiger charge is 2.35. The van der Waals surface area contributed by atoms with Gasteiger partial charge in [0.2, 0.25) is 6.29 Å². The van der Waals surface area contributed by atoms with E-state index >= 15 is 0 Å². The SMILES string of the molecule is NCCN.O=S(O)OC(O)(O)C(O)O. The highest BCUT2D eigenvalue weighted by molar-refractivity contribution is 7.74. The van der Waals surface area contributed by atoms with E-state index in [1.54, 1.807) is 0 Å². The molecule has 0 rings (SSSR count). The number of rotatable bonds is 4. The first-order chi connectivity index (χ1) is 6.27. The molecule has 10 heteroatoms. The van der Waals surface area contributed by atoms with Gasteiger partial charge in [-0.05, 0) is 0 Å². The van der Waals surface area contributed by atoms with Crippen LogP contribution in [0.15, 0.2) is 0 Å². The molecular weight excluding hydrogens is 220 g/mol. The van der Waals surface area contributed by atoms with Crippen LogP contribution in [0.5, 0.6) is 0 Å². The predicted molar refractivity (Wildman–Crippen MR) is 45.4 cm³/mol. The minimum absolute atomic E-state index is 0.597. The number of aliphatic hydroxyl groups excluding tert-OH is 1. The van der Waals surface area contributed by atoms with Gasteiger partial charge in [-0.2, -0.15) is 4.21 Å². The smallest absolute Gasteiger partial charge is 0.346 e. The van der Waals surface area contributed by atoms with E-state index in [4.69, 9.17) is 36.4 Å². The van der Waals surface area contributed by atoms with E-state index in [1.807, 2.05) is 0 Å². The summed E-state index contributed by atoms with van der Waals surface area (Å²) in [5, 5.41) is 32.5. The van der Waals surface area contributed by atoms with Crippen molar-refractivity contribution in [2.75, 3.05) is 13.1 Å². The largest absolute Gasteiger partial charge is 0.362 e. The van der Waals surface area contributed by atoms with Crippen molar-refractivity contribution < 1.29 is 33.4 Å². The third-order valence-electron chi connectivity index (χ3n) is 0.697. The highest BCUT2D eigenvalue weighted by Crippen LogP contribution is 2.06. The molecule has 0 saturated heterocycles. The Kier molecular flexibility index (Phi) is 9.49. The number of hydrogen-bond acceptors (Lipinski definition) is 8. The van der Waals surface area contributed by atoms with Gasteiger partial charge in [0, 0.05) is 13.1 Å². The molecule has 0 aliphatic rings. The van der Waals surface area contributed by atoms with Gasteiger partial charge in [-0.25, -0.2) is 4.18 Å². The molecule has 1 atom stereocenters. The Balaban J connectivity index is 0. The summed E-state index contributed by atoms with van der Waals surface area (Å²) in [7, 11) is 0. The fraction of sp³-hybridized carbons (Fsp3) is 1.00. The number of hydrogen-bond donors (Lipinski definition) is 7. The monoisotopic (exact) mass is 234 g/mol. The molecule has 0 aliphatic heterocycles. The summed E-state index contributed by atoms with van der Waals surface area (Å²) in [6.07, 6.45) is -2.66. The van der Waals surface area contributed by atoms with Gasteiger partial charge in [-0.3, -0.25) is 4.55 Å². The molecule has 0 aromatic rings. The molecular formula is C4H14N2O7S. The van der Waals surface area contributed by atoms with Crippen LogP contribution in [-0.4, -0.2) is 54.5 Å². The van der Waals surface area contributed by atoms with Crippen LogP contribution < -0.4 is 11.5 Å². The van der Waals surface area contributed by atoms with Crippen molar-refractivity contribution in [2.45, 2.75) is 12.3 Å². The van der Waals surface area contributed by atoms with Crippen LogP contribution in [0, 0.1) is 0 Å². The van der Waals surface area contributed by atoms with Gasteiger partial charge in [-0.1, -0.05) is 0 Å². The molecule has 0 aromatic heterocycles. The van der Waals surface area contributed by atoms with Crippen LogP contribution in [0.2, 0.25) is 0 Å². The van der Waals surface area contributed by atoms with Crippen LogP contribution in [0.1, 0.15) is 0 Å². The summed E-state index contributed by atoms with van der Waals surface area (Å²) in [5.41, 5.74) is 9.81. The molecule has 0 spiro atoms. The maximum atomic E-state index is 9.67. The molecule has 0 bridgehead atoms. The van der Waals surface area contributed by atoms with Crippen molar-refractivity contribution in [3.05, 3.63) is 0 Å². The van der Waals surface area contributed by atoms with Crippen LogP contribution in [0.4, 0.5) is 0 Å². The van der Waals surface area contributed by atoms with E-state index in [-0.39, 0.29) is 0 Å². The molecule has 9 nitrogen and oxygen atoms in total. The number of nitrogens with two attached hydrogens (primary N) is 2. The van der Waals surface area contributed by atoms with Crippen molar-refractivity contribution in [3.8, 4) is 0 Å².